The van der Waals surface area contributed by atoms with Gasteiger partial charge in [0.2, 0.25) is 0 Å². The quantitative estimate of drug-likeness (QED) is 0.699. The Morgan fingerprint density at radius 2 is 2.46 bits per heavy atom. The Kier molecular flexibility index (Phi) is 1.66. The van der Waals surface area contributed by atoms with Crippen molar-refractivity contribution in [3.8, 4) is 0 Å². The van der Waals surface area contributed by atoms with E-state index in [-0.39, 0.29) is 17.7 Å². The molecular weight excluding hydrogens is 172 g/mol. The summed E-state index contributed by atoms with van der Waals surface area (Å²) in [6.07, 6.45) is 0.936. The van der Waals surface area contributed by atoms with Gasteiger partial charge in [-0.05, 0) is 6.92 Å². The third-order valence-corrected chi connectivity index (χ3v) is 2.39. The first-order valence-electron chi connectivity index (χ1n) is 4.05. The van der Waals surface area contributed by atoms with Crippen LogP contribution in [0.2, 0.25) is 0 Å². The molecule has 1 aliphatic rings. The van der Waals surface area contributed by atoms with Crippen LogP contribution >= 0.6 is 0 Å². The van der Waals surface area contributed by atoms with Crippen molar-refractivity contribution in [1.29, 1.82) is 0 Å². The summed E-state index contributed by atoms with van der Waals surface area (Å²) >= 11 is 0. The summed E-state index contributed by atoms with van der Waals surface area (Å²) in [7, 11) is 1.68. The van der Waals surface area contributed by atoms with Crippen LogP contribution in [0.5, 0.6) is 0 Å². The van der Waals surface area contributed by atoms with Crippen molar-refractivity contribution >= 4 is 12.0 Å². The number of hydrogen-bond acceptors (Lipinski definition) is 6. The Hall–Kier alpha value is -1.30. The zero-order valence-electron chi connectivity index (χ0n) is 7.57. The van der Waals surface area contributed by atoms with Gasteiger partial charge in [0.1, 0.15) is 0 Å². The molecule has 1 aromatic heterocycles. The van der Waals surface area contributed by atoms with Crippen molar-refractivity contribution in [2.24, 2.45) is 0 Å². The number of hydrogen-bond donors (Lipinski definition) is 2. The summed E-state index contributed by atoms with van der Waals surface area (Å²) in [5.74, 6) is 0. The minimum Gasteiger partial charge on any atom is -0.390 e. The predicted octanol–water partition coefficient (Wildman–Crippen LogP) is 0.241. The average molecular weight is 184 g/mol. The summed E-state index contributed by atoms with van der Waals surface area (Å²) in [4.78, 5) is 0. The van der Waals surface area contributed by atoms with Gasteiger partial charge >= 0.3 is 12.0 Å². The molecule has 0 amide bonds. The summed E-state index contributed by atoms with van der Waals surface area (Å²) < 4.78 is 10.2. The maximum Gasteiger partial charge on any atom is 0.317 e. The zero-order chi connectivity index (χ0) is 9.47. The number of rotatable bonds is 3. The third kappa shape index (κ3) is 1.44. The van der Waals surface area contributed by atoms with E-state index >= 15 is 0 Å². The van der Waals surface area contributed by atoms with Crippen molar-refractivity contribution in [1.82, 2.24) is 10.2 Å². The first-order valence-corrected chi connectivity index (χ1v) is 4.05. The molecule has 0 radical (unpaired) electrons. The van der Waals surface area contributed by atoms with Gasteiger partial charge in [0.15, 0.2) is 0 Å². The van der Waals surface area contributed by atoms with Gasteiger partial charge in [0.25, 0.3) is 0 Å². The Balaban J connectivity index is 1.94. The van der Waals surface area contributed by atoms with Crippen LogP contribution in [0, 0.1) is 0 Å². The van der Waals surface area contributed by atoms with Crippen LogP contribution in [0.15, 0.2) is 4.42 Å². The Morgan fingerprint density at radius 3 is 2.92 bits per heavy atom. The lowest BCUT2D eigenvalue weighted by Crippen LogP contribution is -2.18. The van der Waals surface area contributed by atoms with E-state index in [4.69, 9.17) is 14.9 Å². The van der Waals surface area contributed by atoms with Crippen molar-refractivity contribution in [2.45, 2.75) is 25.0 Å². The number of nitrogens with one attached hydrogen (secondary N) is 1. The molecule has 0 spiro atoms. The molecule has 0 bridgehead atoms. The van der Waals surface area contributed by atoms with Crippen molar-refractivity contribution < 1.29 is 9.15 Å². The van der Waals surface area contributed by atoms with Gasteiger partial charge in [0, 0.05) is 13.5 Å². The number of nitrogens with zero attached hydrogens (tertiary/aromatic N) is 2. The fourth-order valence-corrected chi connectivity index (χ4v) is 1.22. The molecule has 0 saturated heterocycles. The molecule has 1 aliphatic carbocycles. The summed E-state index contributed by atoms with van der Waals surface area (Å²) in [6, 6.07) is 0.655. The predicted molar refractivity (Wildman–Crippen MR) is 46.2 cm³/mol. The lowest BCUT2D eigenvalue weighted by molar-refractivity contribution is 0.0934. The molecule has 0 aliphatic heterocycles. The smallest absolute Gasteiger partial charge is 0.317 e. The second-order valence-electron chi connectivity index (χ2n) is 3.36. The molecule has 3 N–H and O–H groups in total. The number of aromatic nitrogens is 2. The molecule has 0 aromatic carbocycles. The van der Waals surface area contributed by atoms with Crippen molar-refractivity contribution in [3.05, 3.63) is 0 Å². The molecule has 13 heavy (non-hydrogen) atoms. The van der Waals surface area contributed by atoms with Crippen LogP contribution in [0.1, 0.15) is 13.3 Å². The van der Waals surface area contributed by atoms with Crippen molar-refractivity contribution in [3.63, 3.8) is 0 Å². The lowest BCUT2D eigenvalue weighted by atomic mass is 10.4. The Morgan fingerprint density at radius 1 is 1.69 bits per heavy atom. The van der Waals surface area contributed by atoms with Crippen LogP contribution in [0.3, 0.4) is 0 Å². The molecule has 2 unspecified atom stereocenters. The lowest BCUT2D eigenvalue weighted by Gasteiger charge is -2.07. The van der Waals surface area contributed by atoms with Crippen LogP contribution in [-0.4, -0.2) is 29.0 Å². The van der Waals surface area contributed by atoms with E-state index in [0.717, 1.165) is 6.42 Å². The molecule has 1 fully saturated rings. The molecule has 72 valence electrons. The van der Waals surface area contributed by atoms with Gasteiger partial charge in [0.05, 0.1) is 11.6 Å². The normalized spacial score (nSPS) is 31.7. The van der Waals surface area contributed by atoms with Gasteiger partial charge in [-0.25, -0.2) is 0 Å². The van der Waals surface area contributed by atoms with Crippen LogP contribution in [-0.2, 0) is 4.74 Å². The summed E-state index contributed by atoms with van der Waals surface area (Å²) in [5.41, 5.74) is 5.16. The number of anilines is 2. The maximum absolute atomic E-state index is 5.26. The van der Waals surface area contributed by atoms with E-state index < -0.39 is 0 Å². The SMILES string of the molecule is COC1(C)CC1Nc1nnc(N)o1. The fourth-order valence-electron chi connectivity index (χ4n) is 1.22. The van der Waals surface area contributed by atoms with Crippen LogP contribution in [0.4, 0.5) is 12.0 Å². The molecule has 6 heteroatoms. The fraction of sp³-hybridized carbons (Fsp3) is 0.714. The number of ether oxygens (including phenoxy) is 1. The highest BCUT2D eigenvalue weighted by Crippen LogP contribution is 2.40. The van der Waals surface area contributed by atoms with E-state index in [1.807, 2.05) is 6.92 Å². The summed E-state index contributed by atoms with van der Waals surface area (Å²) in [5, 5.41) is 10.2. The van der Waals surface area contributed by atoms with E-state index in [9.17, 15) is 0 Å². The minimum atomic E-state index is -0.108. The Labute approximate surface area is 75.5 Å². The summed E-state index contributed by atoms with van der Waals surface area (Å²) in [6.45, 7) is 2.02. The van der Waals surface area contributed by atoms with E-state index in [1.54, 1.807) is 7.11 Å². The Bertz CT molecular complexity index is 313. The van der Waals surface area contributed by atoms with Gasteiger partial charge in [-0.2, -0.15) is 0 Å². The largest absolute Gasteiger partial charge is 0.390 e. The van der Waals surface area contributed by atoms with Gasteiger partial charge in [-0.15, -0.1) is 0 Å². The molecule has 1 aromatic rings. The van der Waals surface area contributed by atoms with Gasteiger partial charge < -0.3 is 20.2 Å². The highest BCUT2D eigenvalue weighted by molar-refractivity contribution is 5.31. The third-order valence-electron chi connectivity index (χ3n) is 2.39. The average Bonchev–Trinajstić information content (AvgIpc) is 2.53. The van der Waals surface area contributed by atoms with Crippen molar-refractivity contribution in [2.75, 3.05) is 18.2 Å². The monoisotopic (exact) mass is 184 g/mol. The molecule has 1 saturated carbocycles. The molecule has 2 atom stereocenters. The molecule has 6 nitrogen and oxygen atoms in total. The first-order chi connectivity index (χ1) is 6.14. The topological polar surface area (TPSA) is 86.2 Å². The standard InChI is InChI=1S/C7H12N4O2/c1-7(12-2)3-4(7)9-6-11-10-5(8)13-6/h4H,3H2,1-2H3,(H2,8,10)(H,9,11). The number of methoxy groups -OCH3 is 1. The highest BCUT2D eigenvalue weighted by Gasteiger charge is 2.51. The molecule has 2 rings (SSSR count). The second kappa shape index (κ2) is 2.59. The van der Waals surface area contributed by atoms with Gasteiger partial charge in [-0.1, -0.05) is 10.2 Å². The minimum absolute atomic E-state index is 0.0715. The number of nitrogens with two attached hydrogens (primary N) is 1. The van der Waals surface area contributed by atoms with E-state index in [2.05, 4.69) is 15.5 Å². The first kappa shape index (κ1) is 8.31. The second-order valence-corrected chi connectivity index (χ2v) is 3.36. The van der Waals surface area contributed by atoms with Gasteiger partial charge in [-0.3, -0.25) is 0 Å². The zero-order valence-corrected chi connectivity index (χ0v) is 7.57. The van der Waals surface area contributed by atoms with Crippen LogP contribution in [0.25, 0.3) is 0 Å². The number of nitrogen functional groups attached to an aromatic ring is 1. The highest BCUT2D eigenvalue weighted by atomic mass is 16.5. The molecular formula is C7H12N4O2. The molecule has 1 heterocycles. The van der Waals surface area contributed by atoms with Crippen LogP contribution < -0.4 is 11.1 Å². The maximum atomic E-state index is 5.26. The van der Waals surface area contributed by atoms with E-state index in [0.29, 0.717) is 6.01 Å². The van der Waals surface area contributed by atoms with E-state index in [1.165, 1.54) is 0 Å².